The maximum absolute atomic E-state index is 2.37. The van der Waals surface area contributed by atoms with Gasteiger partial charge in [-0.2, -0.15) is 0 Å². The second-order valence-electron chi connectivity index (χ2n) is 5.84. The zero-order valence-corrected chi connectivity index (χ0v) is 13.4. The molecular formula is C14H30N4. The van der Waals surface area contributed by atoms with Crippen molar-refractivity contribution in [1.29, 1.82) is 0 Å². The normalized spacial score (nSPS) is 30.0. The summed E-state index contributed by atoms with van der Waals surface area (Å²) >= 11 is 0. The molecule has 0 aromatic rings. The lowest BCUT2D eigenvalue weighted by molar-refractivity contribution is 0.289. The highest BCUT2D eigenvalue weighted by Gasteiger charge is 2.28. The Balaban J connectivity index is 0.000000180. The van der Waals surface area contributed by atoms with Crippen molar-refractivity contribution in [1.82, 2.24) is 19.6 Å². The lowest BCUT2D eigenvalue weighted by atomic mass is 10.2. The summed E-state index contributed by atoms with van der Waals surface area (Å²) in [5, 5.41) is 0. The predicted octanol–water partition coefficient (Wildman–Crippen LogP) is 1.67. The molecule has 4 nitrogen and oxygen atoms in total. The summed E-state index contributed by atoms with van der Waals surface area (Å²) in [5.41, 5.74) is 2.77. The molecule has 106 valence electrons. The van der Waals surface area contributed by atoms with Crippen LogP contribution >= 0.6 is 0 Å². The molecule has 2 aliphatic rings. The van der Waals surface area contributed by atoms with E-state index in [4.69, 9.17) is 0 Å². The maximum Gasteiger partial charge on any atom is 0.0892 e. The second kappa shape index (κ2) is 5.93. The van der Waals surface area contributed by atoms with E-state index >= 15 is 0 Å². The van der Waals surface area contributed by atoms with Crippen molar-refractivity contribution in [2.45, 2.75) is 39.8 Å². The number of hydrogen-bond acceptors (Lipinski definition) is 4. The lowest BCUT2D eigenvalue weighted by Crippen LogP contribution is -2.29. The van der Waals surface area contributed by atoms with E-state index in [1.807, 2.05) is 0 Å². The van der Waals surface area contributed by atoms with Crippen LogP contribution in [0, 0.1) is 0 Å². The van der Waals surface area contributed by atoms with Crippen LogP contribution in [0.3, 0.4) is 0 Å². The molecule has 2 aliphatic heterocycles. The van der Waals surface area contributed by atoms with Gasteiger partial charge in [0.2, 0.25) is 0 Å². The van der Waals surface area contributed by atoms with Gasteiger partial charge in [0.1, 0.15) is 0 Å². The Kier molecular flexibility index (Phi) is 5.05. The van der Waals surface area contributed by atoms with Crippen molar-refractivity contribution in [3.8, 4) is 0 Å². The molecule has 0 aromatic carbocycles. The number of hydrogen-bond donors (Lipinski definition) is 0. The zero-order chi connectivity index (χ0) is 14.0. The smallest absolute Gasteiger partial charge is 0.0892 e. The first-order valence-electron chi connectivity index (χ1n) is 6.76. The van der Waals surface area contributed by atoms with Crippen LogP contribution in [0.1, 0.15) is 27.7 Å². The molecule has 0 N–H and O–H groups in total. The van der Waals surface area contributed by atoms with Gasteiger partial charge in [-0.15, -0.1) is 0 Å². The Morgan fingerprint density at radius 1 is 0.722 bits per heavy atom. The van der Waals surface area contributed by atoms with Gasteiger partial charge in [-0.3, -0.25) is 9.80 Å². The summed E-state index contributed by atoms with van der Waals surface area (Å²) in [7, 11) is 8.57. The molecule has 2 atom stereocenters. The number of likely N-dealkylation sites (N-methyl/N-ethyl adjacent to an activating group) is 2. The summed E-state index contributed by atoms with van der Waals surface area (Å²) in [6.07, 6.45) is 0. The van der Waals surface area contributed by atoms with Crippen molar-refractivity contribution in [2.24, 2.45) is 0 Å². The van der Waals surface area contributed by atoms with Crippen LogP contribution in [0.25, 0.3) is 0 Å². The minimum Gasteiger partial charge on any atom is -0.359 e. The second-order valence-corrected chi connectivity index (χ2v) is 5.84. The van der Waals surface area contributed by atoms with E-state index in [2.05, 4.69) is 75.5 Å². The fourth-order valence-electron chi connectivity index (χ4n) is 2.43. The van der Waals surface area contributed by atoms with Crippen molar-refractivity contribution in [2.75, 3.05) is 41.5 Å². The standard InChI is InChI=1S/C7H16N2.C7H14N2/c2*1-6-7(2)9(4)5-8(6)3/h6-7H,5H2,1-4H3;5H2,1-4H3. The van der Waals surface area contributed by atoms with E-state index in [1.165, 1.54) is 11.4 Å². The first-order chi connectivity index (χ1) is 8.25. The van der Waals surface area contributed by atoms with Crippen molar-refractivity contribution >= 4 is 0 Å². The molecular weight excluding hydrogens is 224 g/mol. The largest absolute Gasteiger partial charge is 0.359 e. The van der Waals surface area contributed by atoms with Gasteiger partial charge in [-0.25, -0.2) is 0 Å². The van der Waals surface area contributed by atoms with Crippen LogP contribution in [0.4, 0.5) is 0 Å². The lowest BCUT2D eigenvalue weighted by Gasteiger charge is -2.16. The Morgan fingerprint density at radius 3 is 1.17 bits per heavy atom. The first-order valence-corrected chi connectivity index (χ1v) is 6.76. The third-order valence-corrected chi connectivity index (χ3v) is 4.63. The van der Waals surface area contributed by atoms with E-state index in [9.17, 15) is 0 Å². The van der Waals surface area contributed by atoms with Gasteiger partial charge >= 0.3 is 0 Å². The predicted molar refractivity (Wildman–Crippen MR) is 78.1 cm³/mol. The average Bonchev–Trinajstić information content (AvgIpc) is 2.66. The van der Waals surface area contributed by atoms with Crippen LogP contribution in [-0.2, 0) is 0 Å². The van der Waals surface area contributed by atoms with E-state index in [0.29, 0.717) is 0 Å². The summed E-state index contributed by atoms with van der Waals surface area (Å²) < 4.78 is 0. The minimum atomic E-state index is 0.718. The molecule has 4 heteroatoms. The molecule has 0 aliphatic carbocycles. The van der Waals surface area contributed by atoms with Gasteiger partial charge in [0.25, 0.3) is 0 Å². The van der Waals surface area contributed by atoms with E-state index in [0.717, 1.165) is 25.4 Å². The average molecular weight is 254 g/mol. The van der Waals surface area contributed by atoms with E-state index in [1.54, 1.807) is 0 Å². The van der Waals surface area contributed by atoms with E-state index < -0.39 is 0 Å². The minimum absolute atomic E-state index is 0.718. The van der Waals surface area contributed by atoms with E-state index in [-0.39, 0.29) is 0 Å². The van der Waals surface area contributed by atoms with Gasteiger partial charge < -0.3 is 9.80 Å². The molecule has 0 radical (unpaired) electrons. The maximum atomic E-state index is 2.37. The molecule has 1 fully saturated rings. The van der Waals surface area contributed by atoms with Crippen LogP contribution in [-0.4, -0.2) is 73.2 Å². The number of allylic oxidation sites excluding steroid dienone is 2. The molecule has 0 aromatic heterocycles. The van der Waals surface area contributed by atoms with Crippen LogP contribution in [0.5, 0.6) is 0 Å². The Bertz CT molecular complexity index is 285. The third kappa shape index (κ3) is 3.18. The molecule has 18 heavy (non-hydrogen) atoms. The van der Waals surface area contributed by atoms with Crippen LogP contribution in [0.2, 0.25) is 0 Å². The van der Waals surface area contributed by atoms with Gasteiger partial charge in [-0.05, 0) is 41.8 Å². The quantitative estimate of drug-likeness (QED) is 0.652. The zero-order valence-electron chi connectivity index (χ0n) is 13.4. The molecule has 1 saturated heterocycles. The summed E-state index contributed by atoms with van der Waals surface area (Å²) in [6.45, 7) is 11.0. The van der Waals surface area contributed by atoms with Gasteiger partial charge in [0.05, 0.1) is 13.3 Å². The Labute approximate surface area is 113 Å². The monoisotopic (exact) mass is 254 g/mol. The fourth-order valence-corrected chi connectivity index (χ4v) is 2.43. The number of rotatable bonds is 0. The van der Waals surface area contributed by atoms with Crippen molar-refractivity contribution in [3.63, 3.8) is 0 Å². The van der Waals surface area contributed by atoms with Gasteiger partial charge in [0.15, 0.2) is 0 Å². The molecule has 0 bridgehead atoms. The topological polar surface area (TPSA) is 13.0 Å². The molecule has 2 heterocycles. The first kappa shape index (κ1) is 15.3. The highest BCUT2D eigenvalue weighted by molar-refractivity contribution is 5.11. The van der Waals surface area contributed by atoms with Gasteiger partial charge in [-0.1, -0.05) is 0 Å². The summed E-state index contributed by atoms with van der Waals surface area (Å²) in [4.78, 5) is 9.22. The Hall–Kier alpha value is -0.740. The Morgan fingerprint density at radius 2 is 1.06 bits per heavy atom. The van der Waals surface area contributed by atoms with Gasteiger partial charge in [0, 0.05) is 37.6 Å². The van der Waals surface area contributed by atoms with Crippen LogP contribution in [0.15, 0.2) is 11.4 Å². The SMILES string of the molecule is CC1=C(C)N(C)CN1C.CC1C(C)N(C)CN1C. The fraction of sp³-hybridized carbons (Fsp3) is 0.857. The molecule has 0 spiro atoms. The molecule has 0 amide bonds. The molecule has 0 saturated carbocycles. The summed E-state index contributed by atoms with van der Waals surface area (Å²) in [5.74, 6) is 0. The number of nitrogens with zero attached hydrogens (tertiary/aromatic N) is 4. The highest BCUT2D eigenvalue weighted by atomic mass is 15.4. The summed E-state index contributed by atoms with van der Waals surface area (Å²) in [6, 6.07) is 1.44. The van der Waals surface area contributed by atoms with Crippen LogP contribution < -0.4 is 0 Å². The van der Waals surface area contributed by atoms with Crippen molar-refractivity contribution < 1.29 is 0 Å². The van der Waals surface area contributed by atoms with Crippen molar-refractivity contribution in [3.05, 3.63) is 11.4 Å². The molecule has 2 unspecified atom stereocenters. The highest BCUT2D eigenvalue weighted by Crippen LogP contribution is 2.18. The molecule has 2 rings (SSSR count). The third-order valence-electron chi connectivity index (χ3n) is 4.63.